The van der Waals surface area contributed by atoms with Crippen LogP contribution in [0.25, 0.3) is 11.4 Å². The van der Waals surface area contributed by atoms with Crippen LogP contribution in [0.5, 0.6) is 0 Å². The van der Waals surface area contributed by atoms with Gasteiger partial charge in [-0.15, -0.1) is 10.2 Å². The van der Waals surface area contributed by atoms with Crippen LogP contribution < -0.4 is 5.32 Å². The number of hydrogen-bond acceptors (Lipinski definition) is 4. The summed E-state index contributed by atoms with van der Waals surface area (Å²) in [7, 11) is 0. The van der Waals surface area contributed by atoms with E-state index in [2.05, 4.69) is 41.0 Å². The number of benzene rings is 1. The van der Waals surface area contributed by atoms with Crippen molar-refractivity contribution in [2.24, 2.45) is 0 Å². The first-order valence-electron chi connectivity index (χ1n) is 8.76. The SMILES string of the molecule is O=C(Nc1cc(-c2nnc3n2CCCCC3)ccc1F)c1cncc(Br)c1. The summed E-state index contributed by atoms with van der Waals surface area (Å²) in [5.74, 6) is 0.717. The van der Waals surface area contributed by atoms with E-state index in [0.29, 0.717) is 15.9 Å². The Kier molecular flexibility index (Phi) is 4.98. The highest BCUT2D eigenvalue weighted by Crippen LogP contribution is 2.27. The summed E-state index contributed by atoms with van der Waals surface area (Å²) in [6.07, 6.45) is 7.24. The Morgan fingerprint density at radius 1 is 1.15 bits per heavy atom. The van der Waals surface area contributed by atoms with E-state index >= 15 is 0 Å². The molecular formula is C19H17BrFN5O. The Bertz CT molecular complexity index is 1000. The summed E-state index contributed by atoms with van der Waals surface area (Å²) in [4.78, 5) is 16.4. The van der Waals surface area contributed by atoms with Gasteiger partial charge >= 0.3 is 0 Å². The van der Waals surface area contributed by atoms with Gasteiger partial charge in [0.25, 0.3) is 5.91 Å². The van der Waals surface area contributed by atoms with E-state index < -0.39 is 11.7 Å². The molecule has 1 amide bonds. The van der Waals surface area contributed by atoms with Crippen LogP contribution in [-0.4, -0.2) is 25.7 Å². The second-order valence-electron chi connectivity index (χ2n) is 6.44. The number of carbonyl (C=O) groups excluding carboxylic acids is 1. The molecule has 27 heavy (non-hydrogen) atoms. The van der Waals surface area contributed by atoms with Crippen LogP contribution in [0.4, 0.5) is 10.1 Å². The van der Waals surface area contributed by atoms with Gasteiger partial charge in [-0.2, -0.15) is 0 Å². The van der Waals surface area contributed by atoms with Crippen molar-refractivity contribution in [2.45, 2.75) is 32.2 Å². The molecule has 0 atom stereocenters. The lowest BCUT2D eigenvalue weighted by atomic mass is 10.1. The maximum absolute atomic E-state index is 14.3. The summed E-state index contributed by atoms with van der Waals surface area (Å²) >= 11 is 3.27. The predicted octanol–water partition coefficient (Wildman–Crippen LogP) is 4.22. The molecule has 1 N–H and O–H groups in total. The Morgan fingerprint density at radius 2 is 2.04 bits per heavy atom. The van der Waals surface area contributed by atoms with E-state index in [1.54, 1.807) is 24.4 Å². The van der Waals surface area contributed by atoms with Crippen molar-refractivity contribution in [3.05, 3.63) is 58.3 Å². The Hall–Kier alpha value is -2.61. The molecule has 0 unspecified atom stereocenters. The van der Waals surface area contributed by atoms with Crippen molar-refractivity contribution in [3.8, 4) is 11.4 Å². The van der Waals surface area contributed by atoms with E-state index in [1.807, 2.05) is 0 Å². The number of aromatic nitrogens is 4. The first-order chi connectivity index (χ1) is 13.1. The van der Waals surface area contributed by atoms with E-state index in [9.17, 15) is 9.18 Å². The van der Waals surface area contributed by atoms with Crippen LogP contribution in [0, 0.1) is 5.82 Å². The van der Waals surface area contributed by atoms with Gasteiger partial charge in [0.1, 0.15) is 11.6 Å². The highest BCUT2D eigenvalue weighted by Gasteiger charge is 2.18. The lowest BCUT2D eigenvalue weighted by Crippen LogP contribution is -2.13. The first kappa shape index (κ1) is 17.8. The average molecular weight is 430 g/mol. The summed E-state index contributed by atoms with van der Waals surface area (Å²) in [5, 5.41) is 11.2. The molecule has 0 saturated heterocycles. The van der Waals surface area contributed by atoms with Crippen LogP contribution in [-0.2, 0) is 13.0 Å². The fourth-order valence-electron chi connectivity index (χ4n) is 3.19. The Balaban J connectivity index is 1.64. The van der Waals surface area contributed by atoms with Gasteiger partial charge in [-0.3, -0.25) is 9.78 Å². The number of aryl methyl sites for hydroxylation is 1. The second-order valence-corrected chi connectivity index (χ2v) is 7.36. The zero-order chi connectivity index (χ0) is 18.8. The number of fused-ring (bicyclic) bond motifs is 1. The summed E-state index contributed by atoms with van der Waals surface area (Å²) in [6, 6.07) is 6.22. The molecule has 3 heterocycles. The molecule has 0 aliphatic carbocycles. The molecule has 1 aromatic carbocycles. The quantitative estimate of drug-likeness (QED) is 0.676. The van der Waals surface area contributed by atoms with Gasteiger partial charge in [-0.1, -0.05) is 6.42 Å². The molecule has 0 fully saturated rings. The molecule has 3 aromatic rings. The summed E-state index contributed by atoms with van der Waals surface area (Å²) in [5.41, 5.74) is 1.16. The Labute approximate surface area is 164 Å². The molecule has 2 aromatic heterocycles. The zero-order valence-corrected chi connectivity index (χ0v) is 16.0. The first-order valence-corrected chi connectivity index (χ1v) is 9.55. The topological polar surface area (TPSA) is 72.7 Å². The fourth-order valence-corrected chi connectivity index (χ4v) is 3.55. The van der Waals surface area contributed by atoms with E-state index in [0.717, 1.165) is 43.6 Å². The van der Waals surface area contributed by atoms with Crippen molar-refractivity contribution in [1.29, 1.82) is 0 Å². The van der Waals surface area contributed by atoms with Crippen molar-refractivity contribution in [1.82, 2.24) is 19.7 Å². The minimum absolute atomic E-state index is 0.100. The summed E-state index contributed by atoms with van der Waals surface area (Å²) < 4.78 is 17.1. The maximum atomic E-state index is 14.3. The van der Waals surface area contributed by atoms with Gasteiger partial charge < -0.3 is 9.88 Å². The minimum Gasteiger partial charge on any atom is -0.319 e. The molecule has 0 radical (unpaired) electrons. The number of nitrogens with zero attached hydrogens (tertiary/aromatic N) is 4. The Morgan fingerprint density at radius 3 is 2.89 bits per heavy atom. The van der Waals surface area contributed by atoms with Crippen LogP contribution >= 0.6 is 15.9 Å². The molecule has 6 nitrogen and oxygen atoms in total. The minimum atomic E-state index is -0.509. The molecule has 0 spiro atoms. The van der Waals surface area contributed by atoms with Crippen LogP contribution in [0.3, 0.4) is 0 Å². The van der Waals surface area contributed by atoms with Crippen molar-refractivity contribution < 1.29 is 9.18 Å². The van der Waals surface area contributed by atoms with Gasteiger partial charge in [0.15, 0.2) is 5.82 Å². The van der Waals surface area contributed by atoms with Crippen molar-refractivity contribution in [3.63, 3.8) is 0 Å². The molecule has 8 heteroatoms. The third-order valence-electron chi connectivity index (χ3n) is 4.55. The highest BCUT2D eigenvalue weighted by molar-refractivity contribution is 9.10. The van der Waals surface area contributed by atoms with Crippen molar-refractivity contribution >= 4 is 27.5 Å². The lowest BCUT2D eigenvalue weighted by molar-refractivity contribution is 0.102. The molecular weight excluding hydrogens is 413 g/mol. The third kappa shape index (κ3) is 3.75. The molecule has 138 valence electrons. The number of anilines is 1. The second kappa shape index (κ2) is 7.56. The van der Waals surface area contributed by atoms with Gasteiger partial charge in [0.05, 0.1) is 11.3 Å². The van der Waals surface area contributed by atoms with Crippen LogP contribution in [0.2, 0.25) is 0 Å². The van der Waals surface area contributed by atoms with Gasteiger partial charge in [0, 0.05) is 35.4 Å². The molecule has 1 aliphatic rings. The predicted molar refractivity (Wildman–Crippen MR) is 103 cm³/mol. The third-order valence-corrected chi connectivity index (χ3v) is 4.98. The average Bonchev–Trinajstić information content (AvgIpc) is 2.91. The smallest absolute Gasteiger partial charge is 0.257 e. The van der Waals surface area contributed by atoms with Crippen LogP contribution in [0.15, 0.2) is 41.1 Å². The monoisotopic (exact) mass is 429 g/mol. The fraction of sp³-hybridized carbons (Fsp3) is 0.263. The van der Waals surface area contributed by atoms with E-state index in [4.69, 9.17) is 0 Å². The number of rotatable bonds is 3. The molecule has 0 saturated carbocycles. The normalized spacial score (nSPS) is 13.7. The standard InChI is InChI=1S/C19H17BrFN5O/c20-14-8-13(10-22-11-14)19(27)23-16-9-12(5-6-15(16)21)18-25-24-17-4-2-1-3-7-26(17)18/h5-6,8-11H,1-4,7H2,(H,23,27). The highest BCUT2D eigenvalue weighted by atomic mass is 79.9. The molecule has 0 bridgehead atoms. The van der Waals surface area contributed by atoms with Gasteiger partial charge in [0.2, 0.25) is 0 Å². The number of nitrogens with one attached hydrogen (secondary N) is 1. The number of hydrogen-bond donors (Lipinski definition) is 1. The summed E-state index contributed by atoms with van der Waals surface area (Å²) in [6.45, 7) is 0.848. The number of amides is 1. The maximum Gasteiger partial charge on any atom is 0.257 e. The number of halogens is 2. The largest absolute Gasteiger partial charge is 0.319 e. The van der Waals surface area contributed by atoms with E-state index in [1.165, 1.54) is 12.3 Å². The van der Waals surface area contributed by atoms with Gasteiger partial charge in [-0.05, 0) is 53.0 Å². The molecule has 1 aliphatic heterocycles. The molecule has 4 rings (SSSR count). The van der Waals surface area contributed by atoms with Crippen molar-refractivity contribution in [2.75, 3.05) is 5.32 Å². The van der Waals surface area contributed by atoms with Crippen LogP contribution in [0.1, 0.15) is 35.4 Å². The lowest BCUT2D eigenvalue weighted by Gasteiger charge is -2.10. The van der Waals surface area contributed by atoms with Gasteiger partial charge in [-0.25, -0.2) is 4.39 Å². The number of carbonyl (C=O) groups is 1. The van der Waals surface area contributed by atoms with E-state index in [-0.39, 0.29) is 5.69 Å². The number of pyridine rings is 1. The zero-order valence-electron chi connectivity index (χ0n) is 14.5.